The Balaban J connectivity index is 1.28. The number of rotatable bonds is 6. The van der Waals surface area contributed by atoms with Gasteiger partial charge in [0, 0.05) is 35.7 Å². The molecule has 0 bridgehead atoms. The van der Waals surface area contributed by atoms with Crippen LogP contribution >= 0.6 is 0 Å². The summed E-state index contributed by atoms with van der Waals surface area (Å²) in [6, 6.07) is 46.9. The van der Waals surface area contributed by atoms with Crippen LogP contribution < -0.4 is 0 Å². The van der Waals surface area contributed by atoms with E-state index in [-0.39, 0.29) is 11.3 Å². The predicted octanol–water partition coefficient (Wildman–Crippen LogP) is 10.0. The molecule has 0 fully saturated rings. The average molecular weight is 743 g/mol. The third-order valence-electron chi connectivity index (χ3n) is 12.8. The number of benzene rings is 4. The van der Waals surface area contributed by atoms with Gasteiger partial charge in [0.25, 0.3) is 0 Å². The van der Waals surface area contributed by atoms with E-state index in [4.69, 9.17) is 0 Å². The van der Waals surface area contributed by atoms with Crippen LogP contribution in [0.2, 0.25) is 0 Å². The largest absolute Gasteiger partial charge is 0.552 e. The molecule has 0 radical (unpaired) electrons. The first kappa shape index (κ1) is 34.0. The zero-order valence-corrected chi connectivity index (χ0v) is 33.1. The Morgan fingerprint density at radius 2 is 1.32 bits per heavy atom. The highest BCUT2D eigenvalue weighted by molar-refractivity contribution is 6.00. The van der Waals surface area contributed by atoms with Crippen LogP contribution in [-0.2, 0) is 17.7 Å². The predicted molar refractivity (Wildman–Crippen MR) is 229 cm³/mol. The van der Waals surface area contributed by atoms with Gasteiger partial charge in [0.15, 0.2) is 12.3 Å². The molecule has 2 unspecified atom stereocenters. The van der Waals surface area contributed by atoms with Gasteiger partial charge in [0.05, 0.1) is 28.5 Å². The standard InChI is InChI=1S/C52H46N4O/c1-6-34-16-20-38(21-17-34)50(57)46-31-30-45-49(37-22-24-39(25-23-37)51(3,4)5)44-29-28-43-48(36-18-14-33(2)15-19-36)42-27-26-41-47(35-11-8-7-9-12-35)40-13-10-32-53(40)52(54(41)42,55(43)44)56(45)46/h7-32,48,50,57H,6H2,1-5H3/q+2/t48?,50?,52-/m1/s1. The third-order valence-corrected chi connectivity index (χ3v) is 12.8. The van der Waals surface area contributed by atoms with Gasteiger partial charge in [-0.25, -0.2) is 9.13 Å². The first-order valence-electron chi connectivity index (χ1n) is 20.3. The van der Waals surface area contributed by atoms with E-state index in [0.717, 1.165) is 51.6 Å². The molecule has 3 atom stereocenters. The van der Waals surface area contributed by atoms with E-state index in [1.54, 1.807) is 0 Å². The van der Waals surface area contributed by atoms with Crippen molar-refractivity contribution < 1.29 is 14.3 Å². The average Bonchev–Trinajstić information content (AvgIpc) is 4.06. The maximum absolute atomic E-state index is 12.7. The summed E-state index contributed by atoms with van der Waals surface area (Å²) in [4.78, 5) is 0. The van der Waals surface area contributed by atoms with E-state index in [1.807, 2.05) is 0 Å². The Labute approximate surface area is 334 Å². The van der Waals surface area contributed by atoms with Gasteiger partial charge in [-0.3, -0.25) is 0 Å². The SMILES string of the molecule is CCc1ccc(C(O)C2=[N+]3C(=C(c4ccc(C(C)(C)C)cc4)c4ccc5n4[C@@]34n3c(ccc3C5c3ccc(C)cc3)C(c3ccccc3)=C3C=CC=[N+]34)C=C2)cc1. The number of fused-ring (bicyclic) bond motifs is 2. The molecule has 0 saturated heterocycles. The Morgan fingerprint density at radius 1 is 0.684 bits per heavy atom. The van der Waals surface area contributed by atoms with Gasteiger partial charge in [0.2, 0.25) is 17.1 Å². The van der Waals surface area contributed by atoms with Crippen molar-refractivity contribution in [1.82, 2.24) is 9.13 Å². The molecular formula is C52H46N4O+2. The Morgan fingerprint density at radius 3 is 1.95 bits per heavy atom. The maximum Gasteiger partial charge on any atom is 0.552 e. The number of aryl methyl sites for hydroxylation is 2. The number of allylic oxidation sites excluding steroid dienone is 3. The van der Waals surface area contributed by atoms with E-state index in [9.17, 15) is 5.11 Å². The highest BCUT2D eigenvalue weighted by Gasteiger charge is 2.71. The van der Waals surface area contributed by atoms with Gasteiger partial charge in [0.1, 0.15) is 0 Å². The first-order valence-corrected chi connectivity index (χ1v) is 20.3. The van der Waals surface area contributed by atoms with Gasteiger partial charge < -0.3 is 5.11 Å². The molecule has 5 aliphatic rings. The number of nitrogens with zero attached hydrogens (tertiary/aromatic N) is 4. The number of aliphatic hydroxyl groups is 1. The van der Waals surface area contributed by atoms with Crippen molar-refractivity contribution in [3.8, 4) is 0 Å². The third kappa shape index (κ3) is 4.61. The molecule has 0 amide bonds. The molecule has 5 heteroatoms. The minimum absolute atomic E-state index is 0.0290. The van der Waals surface area contributed by atoms with E-state index in [2.05, 4.69) is 211 Å². The zero-order valence-electron chi connectivity index (χ0n) is 33.1. The lowest BCUT2D eigenvalue weighted by Crippen LogP contribution is -2.65. The fourth-order valence-corrected chi connectivity index (χ4v) is 10.0. The van der Waals surface area contributed by atoms with E-state index in [1.165, 1.54) is 44.8 Å². The molecule has 7 heterocycles. The van der Waals surface area contributed by atoms with E-state index >= 15 is 0 Å². The molecule has 11 rings (SSSR count). The lowest BCUT2D eigenvalue weighted by atomic mass is 9.85. The zero-order chi connectivity index (χ0) is 38.8. The lowest BCUT2D eigenvalue weighted by Gasteiger charge is -2.43. The van der Waals surface area contributed by atoms with Gasteiger partial charge in [-0.2, -0.15) is 0 Å². The fraction of sp³-hybridized carbons (Fsp3) is 0.192. The number of hydrogen-bond acceptors (Lipinski definition) is 1. The molecule has 57 heavy (non-hydrogen) atoms. The topological polar surface area (TPSA) is 36.1 Å². The monoisotopic (exact) mass is 742 g/mol. The van der Waals surface area contributed by atoms with Crippen molar-refractivity contribution in [2.24, 2.45) is 0 Å². The quantitative estimate of drug-likeness (QED) is 0.170. The van der Waals surface area contributed by atoms with Crippen LogP contribution in [0.15, 0.2) is 163 Å². The summed E-state index contributed by atoms with van der Waals surface area (Å²) >= 11 is 0. The van der Waals surface area contributed by atoms with Gasteiger partial charge >= 0.3 is 5.91 Å². The first-order chi connectivity index (χ1) is 27.7. The highest BCUT2D eigenvalue weighted by Crippen LogP contribution is 2.56. The second kappa shape index (κ2) is 12.1. The van der Waals surface area contributed by atoms with Gasteiger partial charge in [-0.05, 0) is 76.4 Å². The number of aromatic nitrogens is 2. The van der Waals surface area contributed by atoms with Gasteiger partial charge in [-0.1, -0.05) is 146 Å². The van der Waals surface area contributed by atoms with Crippen molar-refractivity contribution >= 4 is 23.1 Å². The lowest BCUT2D eigenvalue weighted by molar-refractivity contribution is -0.833. The molecule has 0 saturated carbocycles. The van der Waals surface area contributed by atoms with Crippen molar-refractivity contribution in [2.45, 2.75) is 64.4 Å². The summed E-state index contributed by atoms with van der Waals surface area (Å²) in [6.07, 6.45) is 11.2. The summed E-state index contributed by atoms with van der Waals surface area (Å²) in [5.74, 6) is -1.000. The molecule has 1 N–H and O–H groups in total. The Kier molecular flexibility index (Phi) is 7.22. The summed E-state index contributed by atoms with van der Waals surface area (Å²) < 4.78 is 10.1. The van der Waals surface area contributed by atoms with Crippen LogP contribution in [0.4, 0.5) is 0 Å². The van der Waals surface area contributed by atoms with Crippen LogP contribution in [0.5, 0.6) is 0 Å². The highest BCUT2D eigenvalue weighted by atomic mass is 16.3. The molecule has 4 aromatic carbocycles. The van der Waals surface area contributed by atoms with Crippen LogP contribution in [0, 0.1) is 6.92 Å². The van der Waals surface area contributed by atoms with Crippen LogP contribution in [0.1, 0.15) is 101 Å². The molecule has 1 spiro atoms. The minimum Gasteiger partial charge on any atom is -0.377 e. The summed E-state index contributed by atoms with van der Waals surface area (Å²) in [6.45, 7) is 11.1. The second-order valence-electron chi connectivity index (χ2n) is 17.1. The minimum atomic E-state index is -0.964. The Hall–Kier alpha value is -6.30. The molecule has 278 valence electrons. The van der Waals surface area contributed by atoms with Crippen LogP contribution in [0.3, 0.4) is 0 Å². The van der Waals surface area contributed by atoms with Crippen molar-refractivity contribution in [3.63, 3.8) is 0 Å². The maximum atomic E-state index is 12.7. The van der Waals surface area contributed by atoms with Crippen LogP contribution in [-0.4, -0.2) is 35.3 Å². The Bertz CT molecular complexity index is 2850. The number of hydrogen-bond donors (Lipinski definition) is 1. The van der Waals surface area contributed by atoms with Crippen LogP contribution in [0.25, 0.3) is 11.1 Å². The van der Waals surface area contributed by atoms with Crippen molar-refractivity contribution in [2.75, 3.05) is 0 Å². The summed E-state index contributed by atoms with van der Waals surface area (Å²) in [7, 11) is 0. The van der Waals surface area contributed by atoms with E-state index < -0.39 is 12.0 Å². The molecule has 6 aromatic rings. The molecule has 2 aromatic heterocycles. The summed E-state index contributed by atoms with van der Waals surface area (Å²) in [5, 5.41) is 12.7. The molecule has 5 aliphatic heterocycles. The summed E-state index contributed by atoms with van der Waals surface area (Å²) in [5.41, 5.74) is 18.4. The molecule has 5 nitrogen and oxygen atoms in total. The van der Waals surface area contributed by atoms with Crippen molar-refractivity contribution in [1.29, 1.82) is 0 Å². The number of aliphatic hydroxyl groups excluding tert-OH is 1. The second-order valence-corrected chi connectivity index (χ2v) is 17.1. The smallest absolute Gasteiger partial charge is 0.377 e. The molecular weight excluding hydrogens is 697 g/mol. The van der Waals surface area contributed by atoms with Gasteiger partial charge in [-0.15, -0.1) is 0 Å². The van der Waals surface area contributed by atoms with Crippen molar-refractivity contribution in [3.05, 3.63) is 225 Å². The normalized spacial score (nSPS) is 20.5. The fourth-order valence-electron chi connectivity index (χ4n) is 10.0. The van der Waals surface area contributed by atoms with E-state index in [0.29, 0.717) is 0 Å². The molecule has 0 aliphatic carbocycles.